The molecule has 130 valence electrons. The minimum absolute atomic E-state index is 0.131. The topological polar surface area (TPSA) is 92.7 Å². The van der Waals surface area contributed by atoms with Gasteiger partial charge in [0.15, 0.2) is 10.3 Å². The summed E-state index contributed by atoms with van der Waals surface area (Å²) in [6.07, 6.45) is 0.198. The van der Waals surface area contributed by atoms with E-state index in [1.54, 1.807) is 0 Å². The van der Waals surface area contributed by atoms with E-state index >= 15 is 0 Å². The summed E-state index contributed by atoms with van der Waals surface area (Å²) in [6, 6.07) is 1.91. The van der Waals surface area contributed by atoms with Gasteiger partial charge in [-0.15, -0.1) is 22.7 Å². The zero-order valence-electron chi connectivity index (χ0n) is 14.4. The van der Waals surface area contributed by atoms with Gasteiger partial charge in [-0.2, -0.15) is 0 Å². The molecule has 9 heteroatoms. The fraction of sp³-hybridized carbons (Fsp3) is 0.312. The molecule has 0 aliphatic carbocycles. The third-order valence-electron chi connectivity index (χ3n) is 3.37. The minimum atomic E-state index is -0.131. The Morgan fingerprint density at radius 1 is 1.04 bits per heavy atom. The van der Waals surface area contributed by atoms with Gasteiger partial charge in [0.2, 0.25) is 11.9 Å². The first-order chi connectivity index (χ1) is 11.9. The van der Waals surface area contributed by atoms with Crippen molar-refractivity contribution >= 4 is 44.8 Å². The largest absolute Gasteiger partial charge is 0.302 e. The lowest BCUT2D eigenvalue weighted by Gasteiger charge is -2.03. The lowest BCUT2D eigenvalue weighted by atomic mass is 10.3. The average molecular weight is 374 g/mol. The Labute approximate surface area is 153 Å². The number of carbonyl (C=O) groups excluding carboxylic acids is 1. The van der Waals surface area contributed by atoms with Gasteiger partial charge in [-0.1, -0.05) is 0 Å². The molecule has 0 fully saturated rings. The SMILES string of the molecule is Cc1cc(C)nc(Nc2nc(CC(=O)Nc3nc(C)c(C)s3)cs2)n1. The number of aromatic nitrogens is 4. The van der Waals surface area contributed by atoms with Crippen LogP contribution in [-0.2, 0) is 11.2 Å². The van der Waals surface area contributed by atoms with E-state index in [0.29, 0.717) is 21.9 Å². The lowest BCUT2D eigenvalue weighted by molar-refractivity contribution is -0.115. The Morgan fingerprint density at radius 2 is 1.76 bits per heavy atom. The Bertz CT molecular complexity index is 877. The summed E-state index contributed by atoms with van der Waals surface area (Å²) in [4.78, 5) is 30.6. The molecule has 0 spiro atoms. The molecule has 3 rings (SSSR count). The van der Waals surface area contributed by atoms with Crippen LogP contribution in [0.15, 0.2) is 11.4 Å². The molecule has 0 unspecified atom stereocenters. The van der Waals surface area contributed by atoms with Crippen LogP contribution in [0.25, 0.3) is 0 Å². The first-order valence-corrected chi connectivity index (χ1v) is 9.36. The summed E-state index contributed by atoms with van der Waals surface area (Å²) in [7, 11) is 0. The van der Waals surface area contributed by atoms with Gasteiger partial charge < -0.3 is 10.6 Å². The summed E-state index contributed by atoms with van der Waals surface area (Å²) in [5, 5.41) is 9.03. The van der Waals surface area contributed by atoms with Crippen molar-refractivity contribution in [2.45, 2.75) is 34.1 Å². The highest BCUT2D eigenvalue weighted by Gasteiger charge is 2.12. The fourth-order valence-electron chi connectivity index (χ4n) is 2.18. The number of amides is 1. The number of hydrogen-bond acceptors (Lipinski definition) is 8. The van der Waals surface area contributed by atoms with Crippen molar-refractivity contribution in [1.82, 2.24) is 19.9 Å². The lowest BCUT2D eigenvalue weighted by Crippen LogP contribution is -2.14. The van der Waals surface area contributed by atoms with E-state index in [9.17, 15) is 4.79 Å². The first-order valence-electron chi connectivity index (χ1n) is 7.66. The van der Waals surface area contributed by atoms with E-state index in [2.05, 4.69) is 30.6 Å². The summed E-state index contributed by atoms with van der Waals surface area (Å²) >= 11 is 2.89. The van der Waals surface area contributed by atoms with Crippen LogP contribution in [0, 0.1) is 27.7 Å². The van der Waals surface area contributed by atoms with E-state index < -0.39 is 0 Å². The van der Waals surface area contributed by atoms with Crippen molar-refractivity contribution in [3.63, 3.8) is 0 Å². The van der Waals surface area contributed by atoms with Crippen molar-refractivity contribution < 1.29 is 4.79 Å². The second-order valence-corrected chi connectivity index (χ2v) is 7.69. The van der Waals surface area contributed by atoms with Gasteiger partial charge in [0.05, 0.1) is 17.8 Å². The smallest absolute Gasteiger partial charge is 0.232 e. The maximum Gasteiger partial charge on any atom is 0.232 e. The molecular weight excluding hydrogens is 356 g/mol. The van der Waals surface area contributed by atoms with Gasteiger partial charge in [0.1, 0.15) is 0 Å². The van der Waals surface area contributed by atoms with Gasteiger partial charge in [-0.3, -0.25) is 4.79 Å². The summed E-state index contributed by atoms with van der Waals surface area (Å²) in [5.41, 5.74) is 3.41. The van der Waals surface area contributed by atoms with Crippen molar-refractivity contribution in [2.24, 2.45) is 0 Å². The fourth-order valence-corrected chi connectivity index (χ4v) is 3.71. The van der Waals surface area contributed by atoms with Crippen LogP contribution >= 0.6 is 22.7 Å². The molecule has 2 N–H and O–H groups in total. The van der Waals surface area contributed by atoms with Crippen LogP contribution in [0.3, 0.4) is 0 Å². The molecule has 0 saturated carbocycles. The molecule has 3 heterocycles. The third-order valence-corrected chi connectivity index (χ3v) is 5.16. The van der Waals surface area contributed by atoms with E-state index in [1.807, 2.05) is 39.1 Å². The number of thiazole rings is 2. The number of rotatable bonds is 5. The van der Waals surface area contributed by atoms with E-state index in [1.165, 1.54) is 22.7 Å². The van der Waals surface area contributed by atoms with Gasteiger partial charge >= 0.3 is 0 Å². The Hall–Kier alpha value is -2.39. The predicted octanol–water partition coefficient (Wildman–Crippen LogP) is 3.55. The summed E-state index contributed by atoms with van der Waals surface area (Å²) in [6.45, 7) is 7.74. The van der Waals surface area contributed by atoms with E-state index in [0.717, 1.165) is 22.0 Å². The molecular formula is C16H18N6OS2. The number of aryl methyl sites for hydroxylation is 4. The second kappa shape index (κ2) is 7.24. The van der Waals surface area contributed by atoms with Crippen molar-refractivity contribution in [2.75, 3.05) is 10.6 Å². The maximum absolute atomic E-state index is 12.1. The number of anilines is 3. The molecule has 0 atom stereocenters. The highest BCUT2D eigenvalue weighted by atomic mass is 32.1. The zero-order valence-corrected chi connectivity index (χ0v) is 16.0. The van der Waals surface area contributed by atoms with Crippen LogP contribution in [-0.4, -0.2) is 25.8 Å². The van der Waals surface area contributed by atoms with Crippen LogP contribution < -0.4 is 10.6 Å². The molecule has 0 bridgehead atoms. The van der Waals surface area contributed by atoms with Gasteiger partial charge in [-0.05, 0) is 33.8 Å². The monoisotopic (exact) mass is 374 g/mol. The van der Waals surface area contributed by atoms with Crippen LogP contribution in [0.5, 0.6) is 0 Å². The summed E-state index contributed by atoms with van der Waals surface area (Å²) in [5.74, 6) is 0.379. The van der Waals surface area contributed by atoms with Crippen LogP contribution in [0.1, 0.15) is 27.7 Å². The number of hydrogen-bond donors (Lipinski definition) is 2. The van der Waals surface area contributed by atoms with Crippen molar-refractivity contribution in [3.05, 3.63) is 39.1 Å². The highest BCUT2D eigenvalue weighted by molar-refractivity contribution is 7.15. The third kappa shape index (κ3) is 4.58. The van der Waals surface area contributed by atoms with Crippen molar-refractivity contribution in [3.8, 4) is 0 Å². The molecule has 0 aliphatic rings. The molecule has 25 heavy (non-hydrogen) atoms. The van der Waals surface area contributed by atoms with Gasteiger partial charge in [-0.25, -0.2) is 19.9 Å². The van der Waals surface area contributed by atoms with Crippen LogP contribution in [0.4, 0.5) is 16.2 Å². The van der Waals surface area contributed by atoms with Crippen LogP contribution in [0.2, 0.25) is 0 Å². The molecule has 0 saturated heterocycles. The Balaban J connectivity index is 1.62. The minimum Gasteiger partial charge on any atom is -0.302 e. The van der Waals surface area contributed by atoms with Gasteiger partial charge in [0.25, 0.3) is 0 Å². The van der Waals surface area contributed by atoms with Crippen molar-refractivity contribution in [1.29, 1.82) is 0 Å². The molecule has 0 aliphatic heterocycles. The highest BCUT2D eigenvalue weighted by Crippen LogP contribution is 2.22. The molecule has 1 amide bonds. The second-order valence-electron chi connectivity index (χ2n) is 5.63. The molecule has 3 aromatic heterocycles. The Kier molecular flexibility index (Phi) is 5.05. The van der Waals surface area contributed by atoms with E-state index in [-0.39, 0.29) is 12.3 Å². The molecule has 7 nitrogen and oxygen atoms in total. The quantitative estimate of drug-likeness (QED) is 0.709. The number of carbonyl (C=O) groups is 1. The normalized spacial score (nSPS) is 10.7. The van der Waals surface area contributed by atoms with Gasteiger partial charge in [0, 0.05) is 21.6 Å². The zero-order chi connectivity index (χ0) is 18.0. The van der Waals surface area contributed by atoms with E-state index in [4.69, 9.17) is 0 Å². The standard InChI is InChI=1S/C16H18N6OS2/c1-8-5-9(2)18-14(17-8)22-15-20-12(7-24-15)6-13(23)21-16-19-10(3)11(4)25-16/h5,7H,6H2,1-4H3,(H,19,21,23)(H,17,18,20,22). The first kappa shape index (κ1) is 17.4. The maximum atomic E-state index is 12.1. The Morgan fingerprint density at radius 3 is 2.40 bits per heavy atom. The summed E-state index contributed by atoms with van der Waals surface area (Å²) < 4.78 is 0. The average Bonchev–Trinajstić information content (AvgIpc) is 3.04. The molecule has 3 aromatic rings. The predicted molar refractivity (Wildman–Crippen MR) is 101 cm³/mol. The number of nitrogens with one attached hydrogen (secondary N) is 2. The number of nitrogens with zero attached hydrogens (tertiary/aromatic N) is 4. The molecule has 0 radical (unpaired) electrons. The molecule has 0 aromatic carbocycles.